The van der Waals surface area contributed by atoms with Gasteiger partial charge in [-0.25, -0.2) is 0 Å². The minimum atomic E-state index is -0.988. The van der Waals surface area contributed by atoms with E-state index in [-0.39, 0.29) is 5.91 Å². The number of aromatic nitrogens is 2. The Labute approximate surface area is 199 Å². The summed E-state index contributed by atoms with van der Waals surface area (Å²) in [6, 6.07) is 16.4. The molecule has 5 aromatic rings. The van der Waals surface area contributed by atoms with Crippen LogP contribution in [0.3, 0.4) is 0 Å². The largest absolute Gasteiger partial charge is 0.411 e. The van der Waals surface area contributed by atoms with Gasteiger partial charge in [0.1, 0.15) is 12.3 Å². The van der Waals surface area contributed by atoms with Crippen molar-refractivity contribution in [2.24, 2.45) is 5.16 Å². The monoisotopic (exact) mass is 466 g/mol. The number of methoxy groups -OCH3 is 1. The number of benzene rings is 3. The van der Waals surface area contributed by atoms with E-state index in [0.717, 1.165) is 54.7 Å². The van der Waals surface area contributed by atoms with Gasteiger partial charge in [0.2, 0.25) is 0 Å². The summed E-state index contributed by atoms with van der Waals surface area (Å²) in [4.78, 5) is 13.3. The lowest BCUT2D eigenvalue weighted by atomic mass is 9.95. The van der Waals surface area contributed by atoms with Crippen LogP contribution in [0.15, 0.2) is 53.7 Å². The first kappa shape index (κ1) is 19.4. The van der Waals surface area contributed by atoms with E-state index >= 15 is 0 Å². The first-order valence-electron chi connectivity index (χ1n) is 11.8. The summed E-state index contributed by atoms with van der Waals surface area (Å²) in [6.07, 6.45) is -0.669. The van der Waals surface area contributed by atoms with Gasteiger partial charge in [-0.15, -0.1) is 0 Å². The summed E-state index contributed by atoms with van der Waals surface area (Å²) < 4.78 is 17.3. The maximum Gasteiger partial charge on any atom is 0.252 e. The van der Waals surface area contributed by atoms with E-state index in [9.17, 15) is 10.0 Å². The van der Waals surface area contributed by atoms with Crippen molar-refractivity contribution in [2.75, 3.05) is 7.11 Å². The smallest absolute Gasteiger partial charge is 0.252 e. The van der Waals surface area contributed by atoms with Gasteiger partial charge in [0.05, 0.1) is 33.3 Å². The normalized spacial score (nSPS) is 26.3. The van der Waals surface area contributed by atoms with Crippen molar-refractivity contribution in [3.63, 3.8) is 0 Å². The van der Waals surface area contributed by atoms with Crippen molar-refractivity contribution in [3.05, 3.63) is 59.7 Å². The molecule has 2 N–H and O–H groups in total. The SMILES string of the molecule is COC1/C(=N\O)CC2OC1(C)n1c3ccccc3c3c4c(c5c6ccccc6n2c5c31)C(=O)NC4. The second kappa shape index (κ2) is 6.21. The minimum absolute atomic E-state index is 0.0478. The van der Waals surface area contributed by atoms with Gasteiger partial charge >= 0.3 is 0 Å². The molecule has 1 fully saturated rings. The topological polar surface area (TPSA) is 90.0 Å². The van der Waals surface area contributed by atoms with Crippen molar-refractivity contribution in [2.45, 2.75) is 37.9 Å². The molecule has 3 aliphatic rings. The molecule has 0 saturated carbocycles. The summed E-state index contributed by atoms with van der Waals surface area (Å²) >= 11 is 0. The van der Waals surface area contributed by atoms with Crippen molar-refractivity contribution < 1.29 is 19.5 Å². The fourth-order valence-electron chi connectivity index (χ4n) is 6.98. The molecule has 2 aromatic heterocycles. The van der Waals surface area contributed by atoms with E-state index in [4.69, 9.17) is 9.47 Å². The molecule has 174 valence electrons. The van der Waals surface area contributed by atoms with Gasteiger partial charge in [0.25, 0.3) is 5.91 Å². The van der Waals surface area contributed by atoms with E-state index in [1.165, 1.54) is 0 Å². The van der Waals surface area contributed by atoms with Gasteiger partial charge in [0, 0.05) is 41.6 Å². The lowest BCUT2D eigenvalue weighted by Crippen LogP contribution is -2.54. The second-order valence-corrected chi connectivity index (χ2v) is 9.76. The van der Waals surface area contributed by atoms with E-state index in [0.29, 0.717) is 18.7 Å². The molecular weight excluding hydrogens is 444 g/mol. The molecule has 5 heterocycles. The Balaban J connectivity index is 1.74. The molecule has 3 unspecified atom stereocenters. The Hall–Kier alpha value is -3.88. The number of nitrogens with zero attached hydrogens (tertiary/aromatic N) is 3. The van der Waals surface area contributed by atoms with Crippen molar-refractivity contribution >= 4 is 55.2 Å². The van der Waals surface area contributed by atoms with E-state index in [1.54, 1.807) is 7.11 Å². The van der Waals surface area contributed by atoms with E-state index in [1.807, 2.05) is 31.2 Å². The Morgan fingerprint density at radius 2 is 1.80 bits per heavy atom. The molecule has 8 rings (SSSR count). The average molecular weight is 466 g/mol. The summed E-state index contributed by atoms with van der Waals surface area (Å²) in [6.45, 7) is 2.48. The van der Waals surface area contributed by atoms with Gasteiger partial charge in [-0.1, -0.05) is 41.6 Å². The molecule has 0 aliphatic carbocycles. The summed E-state index contributed by atoms with van der Waals surface area (Å²) in [5.41, 5.74) is 5.24. The highest BCUT2D eigenvalue weighted by Crippen LogP contribution is 2.53. The zero-order valence-corrected chi connectivity index (χ0v) is 19.2. The van der Waals surface area contributed by atoms with Crippen LogP contribution < -0.4 is 5.32 Å². The molecule has 3 atom stereocenters. The summed E-state index contributed by atoms with van der Waals surface area (Å²) in [7, 11) is 1.62. The Kier molecular flexibility index (Phi) is 3.45. The minimum Gasteiger partial charge on any atom is -0.411 e. The van der Waals surface area contributed by atoms with Crippen LogP contribution in [0, 0.1) is 0 Å². The van der Waals surface area contributed by atoms with Crippen LogP contribution in [0.2, 0.25) is 0 Å². The molecule has 2 bridgehead atoms. The molecule has 1 saturated heterocycles. The molecule has 8 nitrogen and oxygen atoms in total. The van der Waals surface area contributed by atoms with Gasteiger partial charge < -0.3 is 29.1 Å². The first-order valence-corrected chi connectivity index (χ1v) is 11.8. The summed E-state index contributed by atoms with van der Waals surface area (Å²) in [5, 5.41) is 20.9. The molecule has 1 amide bonds. The average Bonchev–Trinajstić information content (AvgIpc) is 3.51. The maximum atomic E-state index is 13.3. The van der Waals surface area contributed by atoms with Crippen molar-refractivity contribution in [1.82, 2.24) is 14.5 Å². The number of oxime groups is 1. The van der Waals surface area contributed by atoms with Gasteiger partial charge in [0.15, 0.2) is 5.72 Å². The number of nitrogens with one attached hydrogen (secondary N) is 1. The van der Waals surface area contributed by atoms with Gasteiger partial charge in [-0.2, -0.15) is 0 Å². The van der Waals surface area contributed by atoms with E-state index in [2.05, 4.69) is 43.9 Å². The zero-order chi connectivity index (χ0) is 23.6. The first-order chi connectivity index (χ1) is 17.1. The third-order valence-electron chi connectivity index (χ3n) is 8.16. The van der Waals surface area contributed by atoms with Crippen LogP contribution in [-0.4, -0.2) is 39.2 Å². The number of amides is 1. The predicted molar refractivity (Wildman–Crippen MR) is 132 cm³/mol. The maximum absolute atomic E-state index is 13.3. The highest BCUT2D eigenvalue weighted by molar-refractivity contribution is 6.31. The molecular formula is C27H22N4O4. The lowest BCUT2D eigenvalue weighted by Gasteiger charge is -2.44. The van der Waals surface area contributed by atoms with E-state index < -0.39 is 18.1 Å². The highest BCUT2D eigenvalue weighted by Gasteiger charge is 2.52. The van der Waals surface area contributed by atoms with Crippen LogP contribution in [0.5, 0.6) is 0 Å². The Morgan fingerprint density at radius 3 is 2.54 bits per heavy atom. The third kappa shape index (κ3) is 2.04. The van der Waals surface area contributed by atoms with Crippen LogP contribution in [-0.2, 0) is 21.7 Å². The molecule has 0 radical (unpaired) electrons. The van der Waals surface area contributed by atoms with Crippen LogP contribution in [0.1, 0.15) is 35.5 Å². The number of carbonyl (C=O) groups is 1. The molecule has 0 spiro atoms. The number of carbonyl (C=O) groups excluding carboxylic acids is 1. The standard InChI is InChI=1S/C27H22N4O4/c1-27-25(34-2)16(29-33)11-19(35-27)30-17-9-5-3-7-13(17)21-22-15(12-28-26(22)32)20-14-8-4-6-10-18(14)31(27)24(20)23(21)30/h3-10,19,25,33H,11-12H2,1-2H3,(H,28,32)/b29-16-. The Morgan fingerprint density at radius 1 is 1.09 bits per heavy atom. The predicted octanol–water partition coefficient (Wildman–Crippen LogP) is 4.60. The zero-order valence-electron chi connectivity index (χ0n) is 19.2. The molecule has 35 heavy (non-hydrogen) atoms. The van der Waals surface area contributed by atoms with Gasteiger partial charge in [-0.3, -0.25) is 4.79 Å². The highest BCUT2D eigenvalue weighted by atomic mass is 16.6. The summed E-state index contributed by atoms with van der Waals surface area (Å²) in [5.74, 6) is -0.0478. The fourth-order valence-corrected chi connectivity index (χ4v) is 6.98. The number of fused-ring (bicyclic) bond motifs is 13. The number of hydrogen-bond acceptors (Lipinski definition) is 5. The lowest BCUT2D eigenvalue weighted by molar-refractivity contribution is -0.211. The number of hydrogen-bond donors (Lipinski definition) is 2. The number of ether oxygens (including phenoxy) is 2. The van der Waals surface area contributed by atoms with Crippen LogP contribution in [0.4, 0.5) is 0 Å². The molecule has 8 heteroatoms. The fraction of sp³-hybridized carbons (Fsp3) is 0.259. The third-order valence-corrected chi connectivity index (χ3v) is 8.16. The van der Waals surface area contributed by atoms with Crippen LogP contribution >= 0.6 is 0 Å². The van der Waals surface area contributed by atoms with Crippen molar-refractivity contribution in [1.29, 1.82) is 0 Å². The van der Waals surface area contributed by atoms with Crippen molar-refractivity contribution in [3.8, 4) is 0 Å². The van der Waals surface area contributed by atoms with Gasteiger partial charge in [-0.05, 0) is 24.6 Å². The number of para-hydroxylation sites is 2. The molecule has 3 aromatic carbocycles. The molecule has 3 aliphatic heterocycles. The quantitative estimate of drug-likeness (QED) is 0.279. The van der Waals surface area contributed by atoms with Crippen LogP contribution in [0.25, 0.3) is 43.6 Å². The number of rotatable bonds is 1. The second-order valence-electron chi connectivity index (χ2n) is 9.76. The Bertz CT molecular complexity index is 1810.